The highest BCUT2D eigenvalue weighted by Gasteiger charge is 2.65. The Morgan fingerprint density at radius 2 is 1.81 bits per heavy atom. The molecule has 2 heteroatoms. The summed E-state index contributed by atoms with van der Waals surface area (Å²) in [6.45, 7) is 8.56. The lowest BCUT2D eigenvalue weighted by atomic mass is 9.46. The summed E-state index contributed by atoms with van der Waals surface area (Å²) in [6, 6.07) is 0.407. The van der Waals surface area contributed by atoms with Crippen LogP contribution in [0.1, 0.15) is 53.4 Å². The van der Waals surface area contributed by atoms with Crippen molar-refractivity contribution < 1.29 is 4.79 Å². The highest BCUT2D eigenvalue weighted by Crippen LogP contribution is 2.57. The largest absolute Gasteiger partial charge is 0.304 e. The minimum Gasteiger partial charge on any atom is -0.304 e. The van der Waals surface area contributed by atoms with Gasteiger partial charge in [0.2, 0.25) is 0 Å². The quantitative estimate of drug-likeness (QED) is 0.716. The van der Waals surface area contributed by atoms with Crippen LogP contribution in [0.4, 0.5) is 0 Å². The number of nitrogens with zero attached hydrogens (tertiary/aromatic N) is 1. The number of rotatable bonds is 5. The average Bonchev–Trinajstić information content (AvgIpc) is 2.22. The van der Waals surface area contributed by atoms with Crippen LogP contribution < -0.4 is 0 Å². The van der Waals surface area contributed by atoms with Gasteiger partial charge in [0.1, 0.15) is 5.78 Å². The molecule has 0 spiro atoms. The number of hydrogen-bond acceptors (Lipinski definition) is 2. The maximum atomic E-state index is 12.4. The molecule has 1 saturated carbocycles. The van der Waals surface area contributed by atoms with Crippen molar-refractivity contribution in [1.29, 1.82) is 0 Å². The van der Waals surface area contributed by atoms with Crippen molar-refractivity contribution in [1.82, 2.24) is 4.90 Å². The third-order valence-corrected chi connectivity index (χ3v) is 4.37. The maximum absolute atomic E-state index is 12.4. The van der Waals surface area contributed by atoms with Crippen molar-refractivity contribution in [3.63, 3.8) is 0 Å². The van der Waals surface area contributed by atoms with E-state index in [9.17, 15) is 4.79 Å². The van der Waals surface area contributed by atoms with Gasteiger partial charge in [-0.3, -0.25) is 4.79 Å². The Morgan fingerprint density at radius 3 is 2.19 bits per heavy atom. The van der Waals surface area contributed by atoms with E-state index in [2.05, 4.69) is 46.7 Å². The summed E-state index contributed by atoms with van der Waals surface area (Å²) in [6.07, 6.45) is 4.39. The number of unbranched alkanes of at least 4 members (excludes halogenated alkanes) is 1. The molecule has 16 heavy (non-hydrogen) atoms. The summed E-state index contributed by atoms with van der Waals surface area (Å²) in [5.74, 6) is 0.481. The highest BCUT2D eigenvalue weighted by atomic mass is 16.1. The number of carbonyl (C=O) groups excluding carboxylic acids is 1. The zero-order chi connectivity index (χ0) is 12.6. The topological polar surface area (TPSA) is 20.3 Å². The van der Waals surface area contributed by atoms with Crippen LogP contribution in [0.15, 0.2) is 0 Å². The minimum atomic E-state index is -0.159. The molecule has 2 atom stereocenters. The second-order valence-electron chi connectivity index (χ2n) is 6.03. The third-order valence-electron chi connectivity index (χ3n) is 4.37. The standard InChI is InChI=1S/C14H27NO/c1-7-9-10-14(8-2)11(15(5)6)13(3,4)12(14)16/h11H,7-10H2,1-6H3. The molecule has 0 radical (unpaired) electrons. The number of hydrogen-bond donors (Lipinski definition) is 0. The molecule has 1 aliphatic carbocycles. The molecule has 0 N–H and O–H groups in total. The zero-order valence-corrected chi connectivity index (χ0v) is 11.8. The van der Waals surface area contributed by atoms with Crippen LogP contribution in [0, 0.1) is 10.8 Å². The van der Waals surface area contributed by atoms with Gasteiger partial charge in [0.25, 0.3) is 0 Å². The van der Waals surface area contributed by atoms with Gasteiger partial charge in [-0.1, -0.05) is 40.5 Å². The van der Waals surface area contributed by atoms with Gasteiger partial charge in [-0.25, -0.2) is 0 Å². The average molecular weight is 225 g/mol. The van der Waals surface area contributed by atoms with Gasteiger partial charge in [0.15, 0.2) is 0 Å². The van der Waals surface area contributed by atoms with Gasteiger partial charge in [0, 0.05) is 16.9 Å². The van der Waals surface area contributed by atoms with Crippen molar-refractivity contribution in [2.75, 3.05) is 14.1 Å². The SMILES string of the molecule is CCCCC1(CC)C(=O)C(C)(C)C1N(C)C. The van der Waals surface area contributed by atoms with E-state index < -0.39 is 0 Å². The number of carbonyl (C=O) groups is 1. The van der Waals surface area contributed by atoms with Crippen LogP contribution in [0.2, 0.25) is 0 Å². The fraction of sp³-hybridized carbons (Fsp3) is 0.929. The molecule has 0 aromatic rings. The molecule has 0 heterocycles. The lowest BCUT2D eigenvalue weighted by molar-refractivity contribution is -0.174. The molecule has 0 bridgehead atoms. The van der Waals surface area contributed by atoms with Crippen LogP contribution in [-0.4, -0.2) is 30.8 Å². The molecule has 2 nitrogen and oxygen atoms in total. The Morgan fingerprint density at radius 1 is 1.25 bits per heavy atom. The van der Waals surface area contributed by atoms with Crippen LogP contribution in [0.25, 0.3) is 0 Å². The van der Waals surface area contributed by atoms with E-state index in [-0.39, 0.29) is 10.8 Å². The molecule has 0 aromatic carbocycles. The normalized spacial score (nSPS) is 32.9. The summed E-state index contributed by atoms with van der Waals surface area (Å²) in [5, 5.41) is 0. The van der Waals surface area contributed by atoms with E-state index in [0.29, 0.717) is 11.8 Å². The summed E-state index contributed by atoms with van der Waals surface area (Å²) >= 11 is 0. The van der Waals surface area contributed by atoms with Crippen molar-refractivity contribution in [3.8, 4) is 0 Å². The van der Waals surface area contributed by atoms with Crippen molar-refractivity contribution in [2.24, 2.45) is 10.8 Å². The molecule has 2 unspecified atom stereocenters. The third kappa shape index (κ3) is 1.71. The molecule has 0 aliphatic heterocycles. The Balaban J connectivity index is 2.95. The minimum absolute atomic E-state index is 0.0665. The van der Waals surface area contributed by atoms with Crippen LogP contribution in [0.5, 0.6) is 0 Å². The molecule has 0 aromatic heterocycles. The monoisotopic (exact) mass is 225 g/mol. The van der Waals surface area contributed by atoms with Gasteiger partial charge in [-0.2, -0.15) is 0 Å². The molecular weight excluding hydrogens is 198 g/mol. The maximum Gasteiger partial charge on any atom is 0.147 e. The first-order valence-electron chi connectivity index (χ1n) is 6.56. The van der Waals surface area contributed by atoms with Gasteiger partial charge < -0.3 is 4.90 Å². The molecule has 1 rings (SSSR count). The fourth-order valence-corrected chi connectivity index (χ4v) is 3.92. The van der Waals surface area contributed by atoms with E-state index >= 15 is 0 Å². The van der Waals surface area contributed by atoms with E-state index in [1.165, 1.54) is 12.8 Å². The molecule has 1 aliphatic rings. The highest BCUT2D eigenvalue weighted by molar-refractivity contribution is 5.98. The van der Waals surface area contributed by atoms with E-state index in [4.69, 9.17) is 0 Å². The van der Waals surface area contributed by atoms with Gasteiger partial charge in [-0.15, -0.1) is 0 Å². The van der Waals surface area contributed by atoms with Crippen LogP contribution in [0.3, 0.4) is 0 Å². The Bertz CT molecular complexity index is 270. The van der Waals surface area contributed by atoms with Crippen molar-refractivity contribution in [3.05, 3.63) is 0 Å². The van der Waals surface area contributed by atoms with E-state index in [1.807, 2.05) is 0 Å². The van der Waals surface area contributed by atoms with Gasteiger partial charge in [-0.05, 0) is 26.9 Å². The fourth-order valence-electron chi connectivity index (χ4n) is 3.92. The van der Waals surface area contributed by atoms with Crippen LogP contribution in [-0.2, 0) is 4.79 Å². The second-order valence-corrected chi connectivity index (χ2v) is 6.03. The van der Waals surface area contributed by atoms with Crippen molar-refractivity contribution >= 4 is 5.78 Å². The predicted octanol–water partition coefficient (Wildman–Crippen LogP) is 3.11. The number of ketones is 1. The Hall–Kier alpha value is -0.370. The van der Waals surface area contributed by atoms with Crippen molar-refractivity contribution in [2.45, 2.75) is 59.4 Å². The first-order valence-corrected chi connectivity index (χ1v) is 6.56. The van der Waals surface area contributed by atoms with E-state index in [1.54, 1.807) is 0 Å². The smallest absolute Gasteiger partial charge is 0.147 e. The lowest BCUT2D eigenvalue weighted by Crippen LogP contribution is -2.71. The predicted molar refractivity (Wildman–Crippen MR) is 68.5 cm³/mol. The summed E-state index contributed by atoms with van der Waals surface area (Å²) in [7, 11) is 4.21. The molecule has 94 valence electrons. The molecule has 0 saturated heterocycles. The first-order chi connectivity index (χ1) is 7.34. The lowest BCUT2D eigenvalue weighted by Gasteiger charge is -2.61. The summed E-state index contributed by atoms with van der Waals surface area (Å²) in [4.78, 5) is 14.7. The number of Topliss-reactive ketones (excluding diaryl/α,β-unsaturated/α-hetero) is 1. The molecular formula is C14H27NO. The first kappa shape index (κ1) is 13.7. The molecule has 0 amide bonds. The van der Waals surface area contributed by atoms with E-state index in [0.717, 1.165) is 12.8 Å². The Kier molecular flexibility index (Phi) is 3.83. The summed E-state index contributed by atoms with van der Waals surface area (Å²) in [5.41, 5.74) is -0.226. The molecule has 1 fully saturated rings. The van der Waals surface area contributed by atoms with Gasteiger partial charge in [0.05, 0.1) is 0 Å². The van der Waals surface area contributed by atoms with Gasteiger partial charge >= 0.3 is 0 Å². The Labute approximate surface area is 100 Å². The summed E-state index contributed by atoms with van der Waals surface area (Å²) < 4.78 is 0. The van der Waals surface area contributed by atoms with Crippen LogP contribution >= 0.6 is 0 Å². The zero-order valence-electron chi connectivity index (χ0n) is 11.8. The second kappa shape index (κ2) is 4.48.